The average molecular weight is 337 g/mol. The van der Waals surface area contributed by atoms with Crippen molar-refractivity contribution >= 4 is 59.3 Å². The molecule has 0 aliphatic rings. The number of halogens is 3. The molecular formula is C3HBr3N2S. The molecule has 0 amide bonds. The lowest BCUT2D eigenvalue weighted by Gasteiger charge is -2.04. The van der Waals surface area contributed by atoms with E-state index in [0.717, 1.165) is 5.69 Å². The van der Waals surface area contributed by atoms with Gasteiger partial charge in [0.1, 0.15) is 5.69 Å². The fourth-order valence-corrected chi connectivity index (χ4v) is 1.83. The van der Waals surface area contributed by atoms with Crippen LogP contribution in [0.3, 0.4) is 0 Å². The quantitative estimate of drug-likeness (QED) is 0.681. The van der Waals surface area contributed by atoms with Crippen molar-refractivity contribution in [2.24, 2.45) is 0 Å². The first-order valence-corrected chi connectivity index (χ1v) is 5.16. The second kappa shape index (κ2) is 2.94. The summed E-state index contributed by atoms with van der Waals surface area (Å²) in [6.45, 7) is 0. The molecule has 9 heavy (non-hydrogen) atoms. The van der Waals surface area contributed by atoms with E-state index in [1.54, 1.807) is 0 Å². The van der Waals surface area contributed by atoms with E-state index >= 15 is 0 Å². The largest absolute Gasteiger partial charge is 0.179 e. The van der Waals surface area contributed by atoms with Gasteiger partial charge in [-0.05, 0) is 11.5 Å². The van der Waals surface area contributed by atoms with Crippen molar-refractivity contribution in [3.05, 3.63) is 11.1 Å². The van der Waals surface area contributed by atoms with E-state index in [4.69, 9.17) is 0 Å². The van der Waals surface area contributed by atoms with Crippen LogP contribution in [0.2, 0.25) is 0 Å². The van der Waals surface area contributed by atoms with E-state index in [1.165, 1.54) is 11.5 Å². The maximum absolute atomic E-state index is 3.82. The Labute approximate surface area is 81.6 Å². The van der Waals surface area contributed by atoms with Gasteiger partial charge in [-0.2, -0.15) is 0 Å². The summed E-state index contributed by atoms with van der Waals surface area (Å²) in [7, 11) is 0. The predicted octanol–water partition coefficient (Wildman–Crippen LogP) is 2.83. The highest BCUT2D eigenvalue weighted by Gasteiger charge is 2.23. The van der Waals surface area contributed by atoms with E-state index in [2.05, 4.69) is 57.4 Å². The molecule has 1 rings (SSSR count). The first-order chi connectivity index (χ1) is 4.11. The van der Waals surface area contributed by atoms with Crippen LogP contribution in [0.15, 0.2) is 5.38 Å². The second-order valence-corrected chi connectivity index (χ2v) is 8.66. The Kier molecular flexibility index (Phi) is 2.64. The molecule has 0 aromatic carbocycles. The Morgan fingerprint density at radius 3 is 2.33 bits per heavy atom. The van der Waals surface area contributed by atoms with Crippen molar-refractivity contribution < 1.29 is 0 Å². The van der Waals surface area contributed by atoms with E-state index in [1.807, 2.05) is 5.38 Å². The van der Waals surface area contributed by atoms with E-state index in [9.17, 15) is 0 Å². The van der Waals surface area contributed by atoms with Crippen LogP contribution in [0.1, 0.15) is 5.69 Å². The molecule has 0 atom stereocenters. The molecule has 0 bridgehead atoms. The minimum Gasteiger partial charge on any atom is -0.140 e. The standard InChI is InChI=1S/C3HBr3N2S/c4-3(5,6)2-1-9-8-7-2/h1H. The van der Waals surface area contributed by atoms with Gasteiger partial charge in [-0.3, -0.25) is 0 Å². The monoisotopic (exact) mass is 334 g/mol. The predicted molar refractivity (Wildman–Crippen MR) is 48.4 cm³/mol. The van der Waals surface area contributed by atoms with E-state index < -0.39 is 2.14 Å². The molecule has 2 nitrogen and oxygen atoms in total. The van der Waals surface area contributed by atoms with Crippen LogP contribution in [0, 0.1) is 0 Å². The van der Waals surface area contributed by atoms with Gasteiger partial charge < -0.3 is 0 Å². The van der Waals surface area contributed by atoms with Crippen molar-refractivity contribution in [2.45, 2.75) is 2.14 Å². The van der Waals surface area contributed by atoms with Gasteiger partial charge in [-0.1, -0.05) is 52.3 Å². The molecule has 0 N–H and O–H groups in total. The molecule has 0 saturated carbocycles. The van der Waals surface area contributed by atoms with Gasteiger partial charge in [-0.25, -0.2) is 0 Å². The zero-order valence-corrected chi connectivity index (χ0v) is 9.59. The summed E-state index contributed by atoms with van der Waals surface area (Å²) in [5, 5.41) is 5.66. The molecule has 1 aromatic rings. The summed E-state index contributed by atoms with van der Waals surface area (Å²) in [6.07, 6.45) is 0. The average Bonchev–Trinajstić information content (AvgIpc) is 2.08. The third kappa shape index (κ3) is 2.25. The number of hydrogen-bond donors (Lipinski definition) is 0. The van der Waals surface area contributed by atoms with Crippen molar-refractivity contribution in [3.8, 4) is 0 Å². The van der Waals surface area contributed by atoms with Gasteiger partial charge in [0.15, 0.2) is 2.14 Å². The van der Waals surface area contributed by atoms with Gasteiger partial charge in [0, 0.05) is 5.38 Å². The molecule has 0 fully saturated rings. The fraction of sp³-hybridized carbons (Fsp3) is 0.333. The lowest BCUT2D eigenvalue weighted by Crippen LogP contribution is -1.96. The van der Waals surface area contributed by atoms with Crippen LogP contribution in [0.25, 0.3) is 0 Å². The summed E-state index contributed by atoms with van der Waals surface area (Å²) >= 11 is 11.2. The lowest BCUT2D eigenvalue weighted by molar-refractivity contribution is 1.06. The highest BCUT2D eigenvalue weighted by molar-refractivity contribution is 9.38. The highest BCUT2D eigenvalue weighted by atomic mass is 80.0. The maximum Gasteiger partial charge on any atom is 0.179 e. The molecule has 0 spiro atoms. The normalized spacial score (nSPS) is 11.9. The van der Waals surface area contributed by atoms with Crippen molar-refractivity contribution in [1.29, 1.82) is 0 Å². The molecule has 0 aliphatic carbocycles. The van der Waals surface area contributed by atoms with Crippen molar-refractivity contribution in [3.63, 3.8) is 0 Å². The zero-order chi connectivity index (χ0) is 6.91. The molecular weight excluding hydrogens is 336 g/mol. The minimum absolute atomic E-state index is 0.403. The molecule has 0 aliphatic heterocycles. The van der Waals surface area contributed by atoms with E-state index in [-0.39, 0.29) is 0 Å². The van der Waals surface area contributed by atoms with Crippen molar-refractivity contribution in [1.82, 2.24) is 9.59 Å². The fourth-order valence-electron chi connectivity index (χ4n) is 0.288. The van der Waals surface area contributed by atoms with Gasteiger partial charge >= 0.3 is 0 Å². The van der Waals surface area contributed by atoms with Crippen LogP contribution in [0.4, 0.5) is 0 Å². The van der Waals surface area contributed by atoms with Gasteiger partial charge in [0.05, 0.1) is 0 Å². The molecule has 0 saturated heterocycles. The number of nitrogens with zero attached hydrogens (tertiary/aromatic N) is 2. The molecule has 0 unspecified atom stereocenters. The highest BCUT2D eigenvalue weighted by Crippen LogP contribution is 2.43. The summed E-state index contributed by atoms with van der Waals surface area (Å²) in [6, 6.07) is 0. The van der Waals surface area contributed by atoms with E-state index in [0.29, 0.717) is 0 Å². The molecule has 0 radical (unpaired) electrons. The van der Waals surface area contributed by atoms with Crippen LogP contribution in [-0.4, -0.2) is 9.59 Å². The SMILES string of the molecule is BrC(Br)(Br)c1csnn1. The number of rotatable bonds is 0. The Bertz CT molecular complexity index is 179. The molecule has 6 heteroatoms. The summed E-state index contributed by atoms with van der Waals surface area (Å²) in [5.41, 5.74) is 0.826. The minimum atomic E-state index is -0.403. The molecule has 1 heterocycles. The number of aromatic nitrogens is 2. The summed E-state index contributed by atoms with van der Waals surface area (Å²) in [4.78, 5) is 0. The van der Waals surface area contributed by atoms with Gasteiger partial charge in [0.25, 0.3) is 0 Å². The Balaban J connectivity index is 2.90. The lowest BCUT2D eigenvalue weighted by atomic mass is 10.6. The first-order valence-electron chi connectivity index (χ1n) is 1.95. The van der Waals surface area contributed by atoms with Crippen LogP contribution in [-0.2, 0) is 2.14 Å². The van der Waals surface area contributed by atoms with Crippen molar-refractivity contribution in [2.75, 3.05) is 0 Å². The molecule has 1 aromatic heterocycles. The Morgan fingerprint density at radius 2 is 2.11 bits per heavy atom. The van der Waals surface area contributed by atoms with Gasteiger partial charge in [-0.15, -0.1) is 5.10 Å². The zero-order valence-electron chi connectivity index (χ0n) is 4.01. The summed E-state index contributed by atoms with van der Waals surface area (Å²) < 4.78 is 3.29. The van der Waals surface area contributed by atoms with Crippen LogP contribution >= 0.6 is 59.3 Å². The number of hydrogen-bond acceptors (Lipinski definition) is 3. The van der Waals surface area contributed by atoms with Gasteiger partial charge in [0.2, 0.25) is 0 Å². The number of alkyl halides is 3. The smallest absolute Gasteiger partial charge is 0.140 e. The topological polar surface area (TPSA) is 25.8 Å². The Hall–Kier alpha value is 1.00. The van der Waals surface area contributed by atoms with Crippen LogP contribution in [0.5, 0.6) is 0 Å². The van der Waals surface area contributed by atoms with Crippen LogP contribution < -0.4 is 0 Å². The Morgan fingerprint density at radius 1 is 1.44 bits per heavy atom. The maximum atomic E-state index is 3.82. The summed E-state index contributed by atoms with van der Waals surface area (Å²) in [5.74, 6) is 0. The third-order valence-electron chi connectivity index (χ3n) is 0.650. The third-order valence-corrected chi connectivity index (χ3v) is 2.37. The first kappa shape index (κ1) is 8.10. The second-order valence-electron chi connectivity index (χ2n) is 1.29. The molecule has 50 valence electrons.